The lowest BCUT2D eigenvalue weighted by atomic mass is 10.3. The van der Waals surface area contributed by atoms with Crippen LogP contribution < -0.4 is 16.6 Å². The first-order valence-corrected chi connectivity index (χ1v) is 10.9. The first kappa shape index (κ1) is 21.3. The van der Waals surface area contributed by atoms with Crippen LogP contribution in [0.2, 0.25) is 0 Å². The predicted molar refractivity (Wildman–Crippen MR) is 114 cm³/mol. The molecule has 11 heteroatoms. The number of piperazine rings is 1. The van der Waals surface area contributed by atoms with Gasteiger partial charge in [0.05, 0.1) is 6.54 Å². The fourth-order valence-corrected chi connectivity index (χ4v) is 3.88. The van der Waals surface area contributed by atoms with Gasteiger partial charge in [0.25, 0.3) is 5.56 Å². The van der Waals surface area contributed by atoms with Crippen molar-refractivity contribution in [1.29, 1.82) is 0 Å². The lowest BCUT2D eigenvalue weighted by Gasteiger charge is -2.34. The number of nitrogens with one attached hydrogen (secondary N) is 2. The van der Waals surface area contributed by atoms with Crippen LogP contribution in [-0.4, -0.2) is 72.9 Å². The Balaban J connectivity index is 1.45. The Bertz CT molecular complexity index is 1100. The van der Waals surface area contributed by atoms with Crippen molar-refractivity contribution >= 4 is 23.0 Å². The molecule has 2 aromatic rings. The number of aromatic amines is 1. The Morgan fingerprint density at radius 1 is 1.16 bits per heavy atom. The van der Waals surface area contributed by atoms with Crippen molar-refractivity contribution < 1.29 is 9.59 Å². The molecule has 3 heterocycles. The van der Waals surface area contributed by atoms with Crippen LogP contribution in [0.25, 0.3) is 11.2 Å². The molecule has 0 unspecified atom stereocenters. The van der Waals surface area contributed by atoms with Gasteiger partial charge in [-0.3, -0.25) is 28.8 Å². The van der Waals surface area contributed by atoms with E-state index < -0.39 is 23.1 Å². The summed E-state index contributed by atoms with van der Waals surface area (Å²) in [6.45, 7) is 5.16. The molecule has 0 aromatic carbocycles. The summed E-state index contributed by atoms with van der Waals surface area (Å²) in [5, 5.41) is 2.74. The van der Waals surface area contributed by atoms with Crippen molar-refractivity contribution in [2.45, 2.75) is 51.7 Å². The molecule has 11 nitrogen and oxygen atoms in total. The van der Waals surface area contributed by atoms with Crippen molar-refractivity contribution in [3.8, 4) is 0 Å². The zero-order chi connectivity index (χ0) is 22.1. The second kappa shape index (κ2) is 8.66. The maximum absolute atomic E-state index is 12.4. The summed E-state index contributed by atoms with van der Waals surface area (Å²) in [5.41, 5.74) is -0.0835. The van der Waals surface area contributed by atoms with E-state index in [-0.39, 0.29) is 6.04 Å². The molecule has 0 bridgehead atoms. The van der Waals surface area contributed by atoms with Crippen molar-refractivity contribution in [1.82, 2.24) is 34.2 Å². The normalized spacial score (nSPS) is 17.3. The van der Waals surface area contributed by atoms with Gasteiger partial charge in [-0.25, -0.2) is 9.78 Å². The Hall–Kier alpha value is -2.95. The molecule has 2 fully saturated rings. The summed E-state index contributed by atoms with van der Waals surface area (Å²) in [4.78, 5) is 59.7. The van der Waals surface area contributed by atoms with E-state index in [9.17, 15) is 19.2 Å². The number of rotatable bonds is 6. The second-order valence-corrected chi connectivity index (χ2v) is 8.34. The quantitative estimate of drug-likeness (QED) is 0.574. The molecule has 1 saturated heterocycles. The predicted octanol–water partition coefficient (Wildman–Crippen LogP) is -0.854. The Morgan fingerprint density at radius 3 is 2.52 bits per heavy atom. The topological polar surface area (TPSA) is 125 Å². The van der Waals surface area contributed by atoms with Crippen LogP contribution in [0, 0.1) is 0 Å². The van der Waals surface area contributed by atoms with E-state index in [0.29, 0.717) is 56.3 Å². The lowest BCUT2D eigenvalue weighted by molar-refractivity contribution is -0.147. The molecule has 168 valence electrons. The second-order valence-electron chi connectivity index (χ2n) is 8.34. The number of hydrogen-bond acceptors (Lipinski definition) is 6. The third-order valence-electron chi connectivity index (χ3n) is 5.97. The van der Waals surface area contributed by atoms with Gasteiger partial charge in [0.1, 0.15) is 5.82 Å². The maximum Gasteiger partial charge on any atom is 0.330 e. The van der Waals surface area contributed by atoms with Gasteiger partial charge in [0, 0.05) is 45.8 Å². The fraction of sp³-hybridized carbons (Fsp3) is 0.650. The molecule has 2 aromatic heterocycles. The monoisotopic (exact) mass is 431 g/mol. The number of hydrogen-bond donors (Lipinski definition) is 2. The van der Waals surface area contributed by atoms with Gasteiger partial charge in [-0.1, -0.05) is 13.3 Å². The number of unbranched alkanes of at least 4 members (excludes halogenated alkanes) is 1. The van der Waals surface area contributed by atoms with E-state index in [2.05, 4.69) is 20.2 Å². The number of carbonyl (C=O) groups excluding carboxylic acids is 2. The average molecular weight is 431 g/mol. The molecular weight excluding hydrogens is 402 g/mol. The van der Waals surface area contributed by atoms with E-state index >= 15 is 0 Å². The number of imidazole rings is 1. The van der Waals surface area contributed by atoms with Gasteiger partial charge in [0.15, 0.2) is 11.2 Å². The molecule has 31 heavy (non-hydrogen) atoms. The fourth-order valence-electron chi connectivity index (χ4n) is 3.88. The highest BCUT2D eigenvalue weighted by atomic mass is 16.2. The summed E-state index contributed by atoms with van der Waals surface area (Å²) < 4.78 is 3.26. The molecule has 1 aliphatic carbocycles. The minimum Gasteiger partial charge on any atom is -0.345 e. The SMILES string of the molecule is CCCCn1c(=O)[nH]c(=O)c2c1nc(CN1CCN(C(=O)C(=O)NC3CC3)CC1)n2C. The van der Waals surface area contributed by atoms with Crippen molar-refractivity contribution in [2.24, 2.45) is 7.05 Å². The molecule has 0 radical (unpaired) electrons. The minimum atomic E-state index is -0.518. The molecular formula is C20H29N7O4. The summed E-state index contributed by atoms with van der Waals surface area (Å²) in [7, 11) is 1.77. The average Bonchev–Trinajstić information content (AvgIpc) is 3.50. The molecule has 2 N–H and O–H groups in total. The minimum absolute atomic E-state index is 0.160. The van der Waals surface area contributed by atoms with Gasteiger partial charge in [-0.2, -0.15) is 0 Å². The Kier molecular flexibility index (Phi) is 5.94. The smallest absolute Gasteiger partial charge is 0.330 e. The highest BCUT2D eigenvalue weighted by molar-refractivity contribution is 6.35. The van der Waals surface area contributed by atoms with Crippen LogP contribution in [0.5, 0.6) is 0 Å². The first-order valence-electron chi connectivity index (χ1n) is 10.9. The molecule has 4 rings (SSSR count). The van der Waals surface area contributed by atoms with Crippen LogP contribution in [0.1, 0.15) is 38.4 Å². The van der Waals surface area contributed by atoms with Crippen LogP contribution >= 0.6 is 0 Å². The number of fused-ring (bicyclic) bond motifs is 1. The number of aromatic nitrogens is 4. The Morgan fingerprint density at radius 2 is 1.87 bits per heavy atom. The zero-order valence-corrected chi connectivity index (χ0v) is 18.0. The van der Waals surface area contributed by atoms with Crippen molar-refractivity contribution in [2.75, 3.05) is 26.2 Å². The molecule has 0 atom stereocenters. The van der Waals surface area contributed by atoms with Crippen LogP contribution in [0.15, 0.2) is 9.59 Å². The van der Waals surface area contributed by atoms with Gasteiger partial charge in [0.2, 0.25) is 0 Å². The molecule has 2 aliphatic rings. The van der Waals surface area contributed by atoms with E-state index in [1.807, 2.05) is 6.92 Å². The third-order valence-corrected chi connectivity index (χ3v) is 5.97. The summed E-state index contributed by atoms with van der Waals surface area (Å²) in [6, 6.07) is 0.160. The van der Waals surface area contributed by atoms with E-state index in [1.54, 1.807) is 16.5 Å². The van der Waals surface area contributed by atoms with Crippen molar-refractivity contribution in [3.63, 3.8) is 0 Å². The number of amides is 2. The summed E-state index contributed by atoms with van der Waals surface area (Å²) >= 11 is 0. The third kappa shape index (κ3) is 4.41. The lowest BCUT2D eigenvalue weighted by Crippen LogP contribution is -2.52. The number of nitrogens with zero attached hydrogens (tertiary/aromatic N) is 5. The maximum atomic E-state index is 12.4. The summed E-state index contributed by atoms with van der Waals surface area (Å²) in [5.74, 6) is -0.307. The van der Waals surface area contributed by atoms with E-state index in [1.165, 1.54) is 4.57 Å². The van der Waals surface area contributed by atoms with Gasteiger partial charge in [-0.15, -0.1) is 0 Å². The van der Waals surface area contributed by atoms with E-state index in [0.717, 1.165) is 25.7 Å². The van der Waals surface area contributed by atoms with Crippen LogP contribution in [0.3, 0.4) is 0 Å². The largest absolute Gasteiger partial charge is 0.345 e. The van der Waals surface area contributed by atoms with Crippen LogP contribution in [-0.2, 0) is 29.7 Å². The van der Waals surface area contributed by atoms with Gasteiger partial charge < -0.3 is 14.8 Å². The Labute approximate surface area is 179 Å². The molecule has 0 spiro atoms. The van der Waals surface area contributed by atoms with E-state index in [4.69, 9.17) is 0 Å². The first-order chi connectivity index (χ1) is 14.9. The van der Waals surface area contributed by atoms with Gasteiger partial charge >= 0.3 is 17.5 Å². The molecule has 1 saturated carbocycles. The highest BCUT2D eigenvalue weighted by Gasteiger charge is 2.31. The molecule has 2 amide bonds. The number of carbonyl (C=O) groups is 2. The standard InChI is InChI=1S/C20H29N7O4/c1-3-4-7-27-16-15(17(28)23-20(27)31)24(2)14(22-16)12-25-8-10-26(11-9-25)19(30)18(29)21-13-5-6-13/h13H,3-12H2,1-2H3,(H,21,29)(H,23,28,31). The number of H-pyrrole nitrogens is 1. The molecule has 1 aliphatic heterocycles. The highest BCUT2D eigenvalue weighted by Crippen LogP contribution is 2.19. The van der Waals surface area contributed by atoms with Crippen molar-refractivity contribution in [3.05, 3.63) is 26.7 Å². The number of aryl methyl sites for hydroxylation is 2. The summed E-state index contributed by atoms with van der Waals surface area (Å²) in [6.07, 6.45) is 3.63. The van der Waals surface area contributed by atoms with Crippen LogP contribution in [0.4, 0.5) is 0 Å². The van der Waals surface area contributed by atoms with Gasteiger partial charge in [-0.05, 0) is 19.3 Å². The zero-order valence-electron chi connectivity index (χ0n) is 18.0.